The van der Waals surface area contributed by atoms with Gasteiger partial charge in [0.2, 0.25) is 0 Å². The Morgan fingerprint density at radius 1 is 1.04 bits per heavy atom. The SMILES string of the molecule is O=C(NC1CCN(CCCCCn2cccn2)CC1)c1ccccc1. The van der Waals surface area contributed by atoms with Gasteiger partial charge in [-0.15, -0.1) is 0 Å². The van der Waals surface area contributed by atoms with Crippen LogP contribution in [0.15, 0.2) is 48.8 Å². The zero-order chi connectivity index (χ0) is 17.3. The molecule has 1 saturated heterocycles. The van der Waals surface area contributed by atoms with Crippen molar-refractivity contribution in [3.05, 3.63) is 54.4 Å². The second-order valence-corrected chi connectivity index (χ2v) is 6.79. The van der Waals surface area contributed by atoms with E-state index in [0.717, 1.165) is 38.0 Å². The average Bonchev–Trinajstić information content (AvgIpc) is 3.17. The van der Waals surface area contributed by atoms with Gasteiger partial charge in [-0.3, -0.25) is 9.48 Å². The van der Waals surface area contributed by atoms with Crippen LogP contribution in [0.3, 0.4) is 0 Å². The lowest BCUT2D eigenvalue weighted by molar-refractivity contribution is 0.0910. The average molecular weight is 340 g/mol. The van der Waals surface area contributed by atoms with Crippen molar-refractivity contribution in [3.8, 4) is 0 Å². The fourth-order valence-electron chi connectivity index (χ4n) is 3.38. The van der Waals surface area contributed by atoms with Crippen molar-refractivity contribution in [3.63, 3.8) is 0 Å². The third-order valence-electron chi connectivity index (χ3n) is 4.88. The first-order valence-electron chi connectivity index (χ1n) is 9.37. The van der Waals surface area contributed by atoms with Crippen LogP contribution in [0, 0.1) is 0 Å². The van der Waals surface area contributed by atoms with Crippen molar-refractivity contribution >= 4 is 5.91 Å². The van der Waals surface area contributed by atoms with E-state index in [2.05, 4.69) is 15.3 Å². The van der Waals surface area contributed by atoms with Gasteiger partial charge in [-0.1, -0.05) is 24.6 Å². The number of amides is 1. The molecule has 2 heterocycles. The highest BCUT2D eigenvalue weighted by molar-refractivity contribution is 5.94. The molecule has 1 aromatic heterocycles. The van der Waals surface area contributed by atoms with Gasteiger partial charge in [0.05, 0.1) is 0 Å². The van der Waals surface area contributed by atoms with E-state index in [1.165, 1.54) is 25.8 Å². The summed E-state index contributed by atoms with van der Waals surface area (Å²) in [6, 6.07) is 11.8. The topological polar surface area (TPSA) is 50.2 Å². The molecule has 1 N–H and O–H groups in total. The number of unbranched alkanes of at least 4 members (excludes halogenated alkanes) is 2. The number of benzene rings is 1. The summed E-state index contributed by atoms with van der Waals surface area (Å²) in [6.45, 7) is 4.34. The van der Waals surface area contributed by atoms with Gasteiger partial charge in [0.25, 0.3) is 5.91 Å². The monoisotopic (exact) mass is 340 g/mol. The maximum Gasteiger partial charge on any atom is 0.251 e. The number of nitrogens with one attached hydrogen (secondary N) is 1. The summed E-state index contributed by atoms with van der Waals surface area (Å²) in [4.78, 5) is 14.7. The zero-order valence-corrected chi connectivity index (χ0v) is 14.8. The van der Waals surface area contributed by atoms with Gasteiger partial charge in [0.15, 0.2) is 0 Å². The Hall–Kier alpha value is -2.14. The van der Waals surface area contributed by atoms with Crippen LogP contribution >= 0.6 is 0 Å². The lowest BCUT2D eigenvalue weighted by Gasteiger charge is -2.32. The predicted octanol–water partition coefficient (Wildman–Crippen LogP) is 2.95. The summed E-state index contributed by atoms with van der Waals surface area (Å²) in [5.74, 6) is 0.0534. The maximum absolute atomic E-state index is 12.2. The molecule has 1 aliphatic rings. The lowest BCUT2D eigenvalue weighted by Crippen LogP contribution is -2.44. The van der Waals surface area contributed by atoms with E-state index in [1.807, 2.05) is 53.5 Å². The van der Waals surface area contributed by atoms with Crippen molar-refractivity contribution in [1.29, 1.82) is 0 Å². The Kier molecular flexibility index (Phi) is 6.63. The van der Waals surface area contributed by atoms with Gasteiger partial charge < -0.3 is 10.2 Å². The number of hydrogen-bond donors (Lipinski definition) is 1. The number of nitrogens with zero attached hydrogens (tertiary/aromatic N) is 3. The number of likely N-dealkylation sites (tertiary alicyclic amines) is 1. The quantitative estimate of drug-likeness (QED) is 0.752. The highest BCUT2D eigenvalue weighted by Crippen LogP contribution is 2.12. The van der Waals surface area contributed by atoms with Crippen molar-refractivity contribution < 1.29 is 4.79 Å². The van der Waals surface area contributed by atoms with Gasteiger partial charge in [-0.05, 0) is 50.4 Å². The number of carbonyl (C=O) groups excluding carboxylic acids is 1. The molecule has 2 aromatic rings. The molecule has 1 amide bonds. The van der Waals surface area contributed by atoms with Gasteiger partial charge in [0, 0.05) is 43.6 Å². The molecule has 0 unspecified atom stereocenters. The minimum absolute atomic E-state index is 0.0534. The summed E-state index contributed by atoms with van der Waals surface area (Å²) >= 11 is 0. The fourth-order valence-corrected chi connectivity index (χ4v) is 3.38. The highest BCUT2D eigenvalue weighted by atomic mass is 16.1. The van der Waals surface area contributed by atoms with E-state index in [1.54, 1.807) is 0 Å². The van der Waals surface area contributed by atoms with Crippen molar-refractivity contribution in [1.82, 2.24) is 20.0 Å². The molecule has 0 radical (unpaired) electrons. The Labute approximate surface area is 150 Å². The van der Waals surface area contributed by atoms with E-state index in [9.17, 15) is 4.79 Å². The number of carbonyl (C=O) groups is 1. The molecule has 5 heteroatoms. The molecular weight excluding hydrogens is 312 g/mol. The van der Waals surface area contributed by atoms with E-state index in [4.69, 9.17) is 0 Å². The number of rotatable bonds is 8. The lowest BCUT2D eigenvalue weighted by atomic mass is 10.0. The summed E-state index contributed by atoms with van der Waals surface area (Å²) in [6.07, 6.45) is 9.62. The molecule has 0 spiro atoms. The molecule has 0 aliphatic carbocycles. The second kappa shape index (κ2) is 9.37. The number of aromatic nitrogens is 2. The van der Waals surface area contributed by atoms with Gasteiger partial charge in [-0.2, -0.15) is 5.10 Å². The Morgan fingerprint density at radius 2 is 1.80 bits per heavy atom. The number of aryl methyl sites for hydroxylation is 1. The van der Waals surface area contributed by atoms with Crippen LogP contribution in [0.4, 0.5) is 0 Å². The largest absolute Gasteiger partial charge is 0.349 e. The van der Waals surface area contributed by atoms with Crippen molar-refractivity contribution in [2.45, 2.75) is 44.7 Å². The van der Waals surface area contributed by atoms with Gasteiger partial charge >= 0.3 is 0 Å². The molecular formula is C20H28N4O. The molecule has 0 saturated carbocycles. The summed E-state index contributed by atoms with van der Waals surface area (Å²) in [7, 11) is 0. The van der Waals surface area contributed by atoms with Crippen LogP contribution < -0.4 is 5.32 Å². The predicted molar refractivity (Wildman–Crippen MR) is 99.4 cm³/mol. The summed E-state index contributed by atoms with van der Waals surface area (Å²) in [5.41, 5.74) is 0.752. The third kappa shape index (κ3) is 5.71. The molecule has 5 nitrogen and oxygen atoms in total. The van der Waals surface area contributed by atoms with E-state index >= 15 is 0 Å². The Bertz CT molecular complexity index is 618. The summed E-state index contributed by atoms with van der Waals surface area (Å²) < 4.78 is 2.00. The van der Waals surface area contributed by atoms with Crippen LogP contribution in [-0.4, -0.2) is 46.3 Å². The molecule has 0 atom stereocenters. The zero-order valence-electron chi connectivity index (χ0n) is 14.8. The fraction of sp³-hybridized carbons (Fsp3) is 0.500. The molecule has 3 rings (SSSR count). The summed E-state index contributed by atoms with van der Waals surface area (Å²) in [5, 5.41) is 7.40. The maximum atomic E-state index is 12.2. The smallest absolute Gasteiger partial charge is 0.251 e. The molecule has 134 valence electrons. The molecule has 1 aliphatic heterocycles. The van der Waals surface area contributed by atoms with Crippen LogP contribution in [0.1, 0.15) is 42.5 Å². The first kappa shape index (κ1) is 17.7. The minimum atomic E-state index is 0.0534. The third-order valence-corrected chi connectivity index (χ3v) is 4.88. The standard InChI is InChI=1S/C20H28N4O/c25-20(18-8-3-1-4-9-18)22-19-10-16-23(17-11-19)13-5-2-6-14-24-15-7-12-21-24/h1,3-4,7-9,12,15,19H,2,5-6,10-11,13-14,16-17H2,(H,22,25). The van der Waals surface area contributed by atoms with Crippen LogP contribution in [-0.2, 0) is 6.54 Å². The normalized spacial score (nSPS) is 16.0. The first-order chi connectivity index (χ1) is 12.3. The number of piperidine rings is 1. The van der Waals surface area contributed by atoms with E-state index in [0.29, 0.717) is 6.04 Å². The van der Waals surface area contributed by atoms with Gasteiger partial charge in [0.1, 0.15) is 0 Å². The molecule has 0 bridgehead atoms. The Balaban J connectivity index is 1.27. The second-order valence-electron chi connectivity index (χ2n) is 6.79. The number of hydrogen-bond acceptors (Lipinski definition) is 3. The van der Waals surface area contributed by atoms with Crippen LogP contribution in [0.2, 0.25) is 0 Å². The van der Waals surface area contributed by atoms with Crippen molar-refractivity contribution in [2.75, 3.05) is 19.6 Å². The van der Waals surface area contributed by atoms with E-state index < -0.39 is 0 Å². The minimum Gasteiger partial charge on any atom is -0.349 e. The first-order valence-corrected chi connectivity index (χ1v) is 9.37. The molecule has 1 aromatic carbocycles. The van der Waals surface area contributed by atoms with Crippen LogP contribution in [0.25, 0.3) is 0 Å². The van der Waals surface area contributed by atoms with Crippen molar-refractivity contribution in [2.24, 2.45) is 0 Å². The van der Waals surface area contributed by atoms with Gasteiger partial charge in [-0.25, -0.2) is 0 Å². The van der Waals surface area contributed by atoms with Crippen LogP contribution in [0.5, 0.6) is 0 Å². The molecule has 25 heavy (non-hydrogen) atoms. The highest BCUT2D eigenvalue weighted by Gasteiger charge is 2.20. The molecule has 1 fully saturated rings. The Morgan fingerprint density at radius 3 is 2.52 bits per heavy atom. The van der Waals surface area contributed by atoms with E-state index in [-0.39, 0.29) is 5.91 Å².